The molecular weight excluding hydrogens is 679 g/mol. The molecular formula is C49H33N3OS. The number of furan rings is 1. The summed E-state index contributed by atoms with van der Waals surface area (Å²) in [6.45, 7) is 0. The number of allylic oxidation sites excluding steroid dienone is 1. The molecule has 10 aromatic rings. The number of hydrogen-bond donors (Lipinski definition) is 0. The van der Waals surface area contributed by atoms with E-state index < -0.39 is 0 Å². The Labute approximate surface area is 314 Å². The van der Waals surface area contributed by atoms with Crippen LogP contribution in [0.2, 0.25) is 0 Å². The molecule has 0 saturated carbocycles. The molecule has 4 nitrogen and oxygen atoms in total. The first-order valence-corrected chi connectivity index (χ1v) is 19.6. The summed E-state index contributed by atoms with van der Waals surface area (Å²) >= 11 is 1.90. The molecule has 0 radical (unpaired) electrons. The van der Waals surface area contributed by atoms with E-state index in [-0.39, 0.29) is 6.04 Å². The molecule has 4 aromatic heterocycles. The highest BCUT2D eigenvalue weighted by molar-refractivity contribution is 7.20. The molecule has 4 heterocycles. The zero-order chi connectivity index (χ0) is 35.3. The maximum Gasteiger partial charge on any atom is 0.142 e. The normalized spacial score (nSPS) is 15.4. The van der Waals surface area contributed by atoms with Crippen LogP contribution >= 0.6 is 11.3 Å². The molecule has 6 aromatic carbocycles. The SMILES string of the molecule is C1=CC(n2c3ccccc3c3ccccc32)Cc2c1sc1cccc(-c3ccc4c5c(oc4c3)=CCCC=5c3nc4ccccc4n3-c3ccccc3)c21. The molecule has 0 fully saturated rings. The first-order chi connectivity index (χ1) is 26.8. The fourth-order valence-corrected chi connectivity index (χ4v) is 10.4. The summed E-state index contributed by atoms with van der Waals surface area (Å²) in [5.41, 5.74) is 12.8. The van der Waals surface area contributed by atoms with Gasteiger partial charge < -0.3 is 8.98 Å². The van der Waals surface area contributed by atoms with E-state index in [4.69, 9.17) is 9.40 Å². The van der Waals surface area contributed by atoms with Gasteiger partial charge in [-0.2, -0.15) is 0 Å². The Hall–Kier alpha value is -6.43. The number of imidazole rings is 1. The van der Waals surface area contributed by atoms with Crippen molar-refractivity contribution in [2.45, 2.75) is 25.3 Å². The minimum atomic E-state index is 0.219. The summed E-state index contributed by atoms with van der Waals surface area (Å²) in [4.78, 5) is 6.61. The smallest absolute Gasteiger partial charge is 0.142 e. The van der Waals surface area contributed by atoms with Gasteiger partial charge in [0.25, 0.3) is 0 Å². The Morgan fingerprint density at radius 2 is 1.46 bits per heavy atom. The highest BCUT2D eigenvalue weighted by Crippen LogP contribution is 2.45. The van der Waals surface area contributed by atoms with Crippen molar-refractivity contribution < 1.29 is 4.42 Å². The first kappa shape index (κ1) is 30.1. The standard InChI is InChI=1S/C49H33N3OS/c1-2-12-31(13-3-1)52-42-21-9-6-18-39(42)50-49(52)37-17-10-22-43-47(37)36-26-24-30(28-44(36)53-43)33-16-11-23-46-48(33)38-29-32(25-27-45(38)54-46)51-40-19-7-4-14-34(40)35-15-5-8-20-41(35)51/h1-9,11-16,18-28,32H,10,17,29H2. The van der Waals surface area contributed by atoms with Gasteiger partial charge in [0.1, 0.15) is 16.8 Å². The lowest BCUT2D eigenvalue weighted by Crippen LogP contribution is -2.27. The number of nitrogens with zero attached hydrogens (tertiary/aromatic N) is 3. The number of benzene rings is 6. The Kier molecular flexibility index (Phi) is 6.42. The van der Waals surface area contributed by atoms with E-state index in [0.29, 0.717) is 0 Å². The van der Waals surface area contributed by atoms with Crippen molar-refractivity contribution in [3.63, 3.8) is 0 Å². The van der Waals surface area contributed by atoms with Crippen LogP contribution in [0.4, 0.5) is 0 Å². The van der Waals surface area contributed by atoms with E-state index in [1.165, 1.54) is 64.3 Å². The average molecular weight is 712 g/mol. The Morgan fingerprint density at radius 1 is 0.704 bits per heavy atom. The van der Waals surface area contributed by atoms with Crippen LogP contribution in [0.5, 0.6) is 0 Å². The third-order valence-electron chi connectivity index (χ3n) is 11.6. The summed E-state index contributed by atoms with van der Waals surface area (Å²) in [5.74, 6) is 0.990. The van der Waals surface area contributed by atoms with Gasteiger partial charge in [-0.05, 0) is 103 Å². The maximum atomic E-state index is 6.75. The van der Waals surface area contributed by atoms with Crippen LogP contribution in [0.15, 0.2) is 150 Å². The molecule has 1 atom stereocenters. The largest absolute Gasteiger partial charge is 0.456 e. The third-order valence-corrected chi connectivity index (χ3v) is 12.7. The lowest BCUT2D eigenvalue weighted by Gasteiger charge is -2.22. The second kappa shape index (κ2) is 11.5. The van der Waals surface area contributed by atoms with E-state index in [1.807, 2.05) is 11.3 Å². The van der Waals surface area contributed by atoms with Crippen LogP contribution in [-0.4, -0.2) is 14.1 Å². The van der Waals surface area contributed by atoms with Crippen LogP contribution < -0.4 is 10.6 Å². The third kappa shape index (κ3) is 4.33. The van der Waals surface area contributed by atoms with Crippen molar-refractivity contribution in [3.8, 4) is 16.8 Å². The van der Waals surface area contributed by atoms with E-state index in [1.54, 1.807) is 0 Å². The predicted octanol–water partition coefficient (Wildman–Crippen LogP) is 11.3. The lowest BCUT2D eigenvalue weighted by atomic mass is 9.92. The number of fused-ring (bicyclic) bond motifs is 10. The number of thiophene rings is 1. The second-order valence-electron chi connectivity index (χ2n) is 14.5. The molecule has 2 aliphatic carbocycles. The van der Waals surface area contributed by atoms with Gasteiger partial charge in [-0.3, -0.25) is 4.57 Å². The van der Waals surface area contributed by atoms with E-state index in [2.05, 4.69) is 167 Å². The predicted molar refractivity (Wildman–Crippen MR) is 225 cm³/mol. The molecule has 1 unspecified atom stereocenters. The number of aromatic nitrogens is 3. The highest BCUT2D eigenvalue weighted by Gasteiger charge is 2.26. The van der Waals surface area contributed by atoms with E-state index >= 15 is 0 Å². The fraction of sp³-hybridized carbons (Fsp3) is 0.0816. The summed E-state index contributed by atoms with van der Waals surface area (Å²) in [6.07, 6.45) is 9.78. The van der Waals surface area contributed by atoms with Crippen LogP contribution in [0.3, 0.4) is 0 Å². The van der Waals surface area contributed by atoms with E-state index in [9.17, 15) is 0 Å². The molecule has 0 saturated heterocycles. The van der Waals surface area contributed by atoms with Crippen molar-refractivity contribution in [1.29, 1.82) is 0 Å². The van der Waals surface area contributed by atoms with E-state index in [0.717, 1.165) is 58.2 Å². The van der Waals surface area contributed by atoms with Gasteiger partial charge in [0.15, 0.2) is 0 Å². The number of hydrogen-bond acceptors (Lipinski definition) is 3. The van der Waals surface area contributed by atoms with Gasteiger partial charge >= 0.3 is 0 Å². The van der Waals surface area contributed by atoms with Gasteiger partial charge in [0.05, 0.1) is 17.1 Å². The minimum absolute atomic E-state index is 0.219. The maximum absolute atomic E-state index is 6.75. The molecule has 0 amide bonds. The van der Waals surface area contributed by atoms with Crippen LogP contribution in [-0.2, 0) is 6.42 Å². The van der Waals surface area contributed by atoms with Gasteiger partial charge in [-0.15, -0.1) is 11.3 Å². The molecule has 5 heteroatoms. The molecule has 0 spiro atoms. The topological polar surface area (TPSA) is 35.9 Å². The van der Waals surface area contributed by atoms with Crippen molar-refractivity contribution in [2.75, 3.05) is 0 Å². The molecule has 0 N–H and O–H groups in total. The van der Waals surface area contributed by atoms with Gasteiger partial charge in [0, 0.05) is 58.6 Å². The second-order valence-corrected chi connectivity index (χ2v) is 15.6. The monoisotopic (exact) mass is 711 g/mol. The average Bonchev–Trinajstić information content (AvgIpc) is 3.99. The van der Waals surface area contributed by atoms with Gasteiger partial charge in [-0.25, -0.2) is 4.98 Å². The molecule has 12 rings (SSSR count). The summed E-state index contributed by atoms with van der Waals surface area (Å²) in [6, 6.07) is 50.5. The molecule has 2 aliphatic rings. The Bertz CT molecular complexity index is 3260. The number of rotatable bonds is 4. The summed E-state index contributed by atoms with van der Waals surface area (Å²) < 4.78 is 12.9. The number of para-hydroxylation sites is 5. The molecule has 256 valence electrons. The van der Waals surface area contributed by atoms with Gasteiger partial charge in [-0.1, -0.05) is 91.0 Å². The van der Waals surface area contributed by atoms with Crippen molar-refractivity contribution >= 4 is 83.0 Å². The molecule has 0 bridgehead atoms. The van der Waals surface area contributed by atoms with Crippen LogP contribution in [0, 0.1) is 0 Å². The summed E-state index contributed by atoms with van der Waals surface area (Å²) in [5, 5.41) is 6.29. The fourth-order valence-electron chi connectivity index (χ4n) is 9.27. The van der Waals surface area contributed by atoms with Gasteiger partial charge in [0.2, 0.25) is 0 Å². The van der Waals surface area contributed by atoms with Crippen molar-refractivity contribution in [1.82, 2.24) is 14.1 Å². The molecule has 54 heavy (non-hydrogen) atoms. The highest BCUT2D eigenvalue weighted by atomic mass is 32.1. The zero-order valence-electron chi connectivity index (χ0n) is 29.4. The Morgan fingerprint density at radius 3 is 2.30 bits per heavy atom. The lowest BCUT2D eigenvalue weighted by molar-refractivity contribution is 0.571. The first-order valence-electron chi connectivity index (χ1n) is 18.8. The zero-order valence-corrected chi connectivity index (χ0v) is 30.2. The van der Waals surface area contributed by atoms with Crippen molar-refractivity contribution in [2.24, 2.45) is 0 Å². The quantitative estimate of drug-likeness (QED) is 0.182. The van der Waals surface area contributed by atoms with Crippen molar-refractivity contribution in [3.05, 3.63) is 173 Å². The minimum Gasteiger partial charge on any atom is -0.456 e. The summed E-state index contributed by atoms with van der Waals surface area (Å²) in [7, 11) is 0. The Balaban J connectivity index is 1.01. The molecule has 0 aliphatic heterocycles. The van der Waals surface area contributed by atoms with Crippen LogP contribution in [0.25, 0.3) is 88.4 Å². The van der Waals surface area contributed by atoms with Crippen LogP contribution in [0.1, 0.15) is 35.1 Å².